The second-order valence-corrected chi connectivity index (χ2v) is 14.9. The number of carboxylic acid groups (broad SMARTS) is 2. The minimum absolute atomic E-state index is 0.0782. The van der Waals surface area contributed by atoms with Gasteiger partial charge in [0, 0.05) is 42.7 Å². The molecule has 2 atom stereocenters. The number of pyridine rings is 1. The molecule has 5 rings (SSSR count). The zero-order chi connectivity index (χ0) is 43.9. The fourth-order valence-corrected chi connectivity index (χ4v) is 7.16. The van der Waals surface area contributed by atoms with Crippen LogP contribution in [0.5, 0.6) is 17.2 Å². The molecule has 0 aliphatic rings. The van der Waals surface area contributed by atoms with Crippen molar-refractivity contribution >= 4 is 23.5 Å². The van der Waals surface area contributed by atoms with E-state index in [0.29, 0.717) is 52.8 Å². The van der Waals surface area contributed by atoms with Gasteiger partial charge >= 0.3 is 11.9 Å². The predicted molar refractivity (Wildman–Crippen MR) is 228 cm³/mol. The Hall–Kier alpha value is -6.48. The van der Waals surface area contributed by atoms with E-state index in [-0.39, 0.29) is 45.6 Å². The average Bonchev–Trinajstić information content (AvgIpc) is 3.22. The molecule has 0 unspecified atom stereocenters. The van der Waals surface area contributed by atoms with E-state index < -0.39 is 24.1 Å². The molecule has 0 bridgehead atoms. The van der Waals surface area contributed by atoms with Crippen molar-refractivity contribution in [3.8, 4) is 51.6 Å². The summed E-state index contributed by atoms with van der Waals surface area (Å²) in [6.07, 6.45) is 1.57. The molecular formula is C47H47ClN4O9. The number of hydrogen-bond acceptors (Lipinski definition) is 11. The van der Waals surface area contributed by atoms with Gasteiger partial charge < -0.3 is 40.0 Å². The van der Waals surface area contributed by atoms with E-state index in [1.54, 1.807) is 24.4 Å². The quantitative estimate of drug-likeness (QED) is 0.0452. The van der Waals surface area contributed by atoms with Crippen LogP contribution in [0.1, 0.15) is 64.6 Å². The molecule has 13 nitrogen and oxygen atoms in total. The third kappa shape index (κ3) is 13.0. The summed E-state index contributed by atoms with van der Waals surface area (Å²) < 4.78 is 18.4. The number of aliphatic hydroxyl groups excluding tert-OH is 2. The summed E-state index contributed by atoms with van der Waals surface area (Å²) >= 11 is 6.79. The number of halogens is 1. The molecule has 0 saturated carbocycles. The van der Waals surface area contributed by atoms with E-state index in [1.165, 1.54) is 6.20 Å². The zero-order valence-electron chi connectivity index (χ0n) is 33.9. The minimum atomic E-state index is -1.09. The molecule has 14 heteroatoms. The molecule has 316 valence electrons. The number of nitriles is 2. The van der Waals surface area contributed by atoms with Crippen LogP contribution in [-0.2, 0) is 35.8 Å². The van der Waals surface area contributed by atoms with Gasteiger partial charge in [-0.3, -0.25) is 14.6 Å². The lowest BCUT2D eigenvalue weighted by atomic mass is 9.89. The molecule has 4 aromatic carbocycles. The number of carboxylic acids is 2. The minimum Gasteiger partial charge on any atom is -0.488 e. The van der Waals surface area contributed by atoms with Crippen molar-refractivity contribution in [2.75, 3.05) is 13.2 Å². The highest BCUT2D eigenvalue weighted by Gasteiger charge is 2.18. The Balaban J connectivity index is 1.36. The van der Waals surface area contributed by atoms with Crippen molar-refractivity contribution in [2.24, 2.45) is 0 Å². The van der Waals surface area contributed by atoms with Gasteiger partial charge in [-0.2, -0.15) is 10.5 Å². The summed E-state index contributed by atoms with van der Waals surface area (Å²) in [6.45, 7) is 4.60. The molecule has 0 amide bonds. The van der Waals surface area contributed by atoms with Crippen molar-refractivity contribution in [1.82, 2.24) is 10.3 Å². The van der Waals surface area contributed by atoms with Gasteiger partial charge in [-0.25, -0.2) is 0 Å². The van der Waals surface area contributed by atoms with E-state index in [4.69, 9.17) is 36.0 Å². The number of benzene rings is 4. The topological polar surface area (TPSA) is 215 Å². The van der Waals surface area contributed by atoms with Gasteiger partial charge in [-0.1, -0.05) is 60.1 Å². The van der Waals surface area contributed by atoms with Crippen LogP contribution in [0.15, 0.2) is 85.2 Å². The van der Waals surface area contributed by atoms with Gasteiger partial charge in [-0.05, 0) is 95.8 Å². The summed E-state index contributed by atoms with van der Waals surface area (Å²) in [5.41, 5.74) is 9.39. The molecule has 5 N–H and O–H groups in total. The predicted octanol–water partition coefficient (Wildman–Crippen LogP) is 7.70. The van der Waals surface area contributed by atoms with Crippen LogP contribution in [0.3, 0.4) is 0 Å². The third-order valence-electron chi connectivity index (χ3n) is 10.1. The van der Waals surface area contributed by atoms with Gasteiger partial charge in [0.05, 0.1) is 35.6 Å². The van der Waals surface area contributed by atoms with Crippen LogP contribution in [0.2, 0.25) is 5.02 Å². The molecule has 0 fully saturated rings. The Morgan fingerprint density at radius 1 is 0.770 bits per heavy atom. The summed E-state index contributed by atoms with van der Waals surface area (Å²) in [4.78, 5) is 26.1. The average molecular weight is 847 g/mol. The first-order valence-corrected chi connectivity index (χ1v) is 20.0. The standard InChI is InChI=1S/C47H47ClN4O9/c1-29-36(28-61-45-21-44(60-27-32-16-31(22-50)23-51-24-32)34(17-42(45)48)6-3-8-37(53)19-46(55)56)7-4-10-40(29)41-11-5-9-39(30(41)2)33-12-13-35(43(18-33)59-15-14-49)25-52-26-38(54)20-47(57)58/h4-5,7,9-13,16-18,21,23-24,37-38,52-54H,3,6,8,15,19-20,25-28H2,1-2H3,(H,55,56)(H,57,58)/t37-,38+/m1/s1. The van der Waals surface area contributed by atoms with Crippen LogP contribution in [0.25, 0.3) is 22.3 Å². The fraction of sp³-hybridized carbons (Fsp3) is 0.298. The van der Waals surface area contributed by atoms with Crippen molar-refractivity contribution in [3.05, 3.63) is 129 Å². The molecule has 0 radical (unpaired) electrons. The Labute approximate surface area is 359 Å². The first-order valence-electron chi connectivity index (χ1n) is 19.6. The molecule has 61 heavy (non-hydrogen) atoms. The number of aliphatic hydroxyl groups is 2. The highest BCUT2D eigenvalue weighted by Crippen LogP contribution is 2.38. The Kier molecular flexibility index (Phi) is 16.6. The van der Waals surface area contributed by atoms with Crippen LogP contribution in [0.4, 0.5) is 0 Å². The second kappa shape index (κ2) is 22.2. The molecule has 0 saturated heterocycles. The maximum Gasteiger partial charge on any atom is 0.306 e. The number of nitrogens with one attached hydrogen (secondary N) is 1. The van der Waals surface area contributed by atoms with E-state index in [0.717, 1.165) is 50.1 Å². The van der Waals surface area contributed by atoms with Gasteiger partial charge in [0.2, 0.25) is 0 Å². The lowest BCUT2D eigenvalue weighted by Gasteiger charge is -2.19. The normalized spacial score (nSPS) is 11.9. The van der Waals surface area contributed by atoms with Crippen molar-refractivity contribution in [3.63, 3.8) is 0 Å². The van der Waals surface area contributed by atoms with E-state index >= 15 is 0 Å². The fourth-order valence-electron chi connectivity index (χ4n) is 6.92. The number of hydrogen-bond donors (Lipinski definition) is 5. The van der Waals surface area contributed by atoms with E-state index in [1.807, 2.05) is 62.4 Å². The molecule has 1 aromatic heterocycles. The summed E-state index contributed by atoms with van der Waals surface area (Å²) in [7, 11) is 0. The maximum absolute atomic E-state index is 11.0. The second-order valence-electron chi connectivity index (χ2n) is 14.5. The summed E-state index contributed by atoms with van der Waals surface area (Å²) in [5.74, 6) is -0.772. The number of aryl methyl sites for hydroxylation is 1. The van der Waals surface area contributed by atoms with Crippen molar-refractivity contribution in [2.45, 2.75) is 77.9 Å². The van der Waals surface area contributed by atoms with Crippen LogP contribution < -0.4 is 19.5 Å². The number of rotatable bonds is 22. The first kappa shape index (κ1) is 45.6. The Bertz CT molecular complexity index is 2430. The monoisotopic (exact) mass is 846 g/mol. The highest BCUT2D eigenvalue weighted by atomic mass is 35.5. The first-order chi connectivity index (χ1) is 29.4. The number of aliphatic carboxylic acids is 2. The van der Waals surface area contributed by atoms with E-state index in [2.05, 4.69) is 28.5 Å². The molecule has 0 aliphatic carbocycles. The van der Waals surface area contributed by atoms with Gasteiger partial charge in [0.15, 0.2) is 6.61 Å². The molecule has 0 aliphatic heterocycles. The van der Waals surface area contributed by atoms with E-state index in [9.17, 15) is 30.3 Å². The lowest BCUT2D eigenvalue weighted by Crippen LogP contribution is -2.28. The highest BCUT2D eigenvalue weighted by molar-refractivity contribution is 6.32. The third-order valence-corrected chi connectivity index (χ3v) is 10.4. The van der Waals surface area contributed by atoms with Gasteiger partial charge in [0.1, 0.15) is 42.6 Å². The number of ether oxygens (including phenoxy) is 3. The smallest absolute Gasteiger partial charge is 0.306 e. The molecular weight excluding hydrogens is 800 g/mol. The Morgan fingerprint density at radius 3 is 2.20 bits per heavy atom. The zero-order valence-corrected chi connectivity index (χ0v) is 34.6. The number of nitrogens with zero attached hydrogens (tertiary/aromatic N) is 3. The largest absolute Gasteiger partial charge is 0.488 e. The van der Waals surface area contributed by atoms with Crippen LogP contribution >= 0.6 is 11.6 Å². The summed E-state index contributed by atoms with van der Waals surface area (Å²) in [5, 5.41) is 60.0. The number of aromatic nitrogens is 1. The van der Waals surface area contributed by atoms with Crippen molar-refractivity contribution in [1.29, 1.82) is 10.5 Å². The Morgan fingerprint density at radius 2 is 1.46 bits per heavy atom. The molecule has 1 heterocycles. The maximum atomic E-state index is 11.0. The number of carbonyl (C=O) groups is 2. The SMILES string of the molecule is Cc1c(COc2cc(OCc3cncc(C#N)c3)c(CCC[C@@H](O)CC(=O)O)cc2Cl)cccc1-c1cccc(-c2ccc(CNC[C@@H](O)CC(=O)O)c(OCC#N)c2)c1C. The van der Waals surface area contributed by atoms with Gasteiger partial charge in [0.25, 0.3) is 0 Å². The van der Waals surface area contributed by atoms with Crippen LogP contribution in [0, 0.1) is 36.5 Å². The molecule has 0 spiro atoms. The molecule has 5 aromatic rings. The van der Waals surface area contributed by atoms with Gasteiger partial charge in [-0.15, -0.1) is 0 Å². The van der Waals surface area contributed by atoms with Crippen molar-refractivity contribution < 1.29 is 44.2 Å². The van der Waals surface area contributed by atoms with Crippen LogP contribution in [-0.4, -0.2) is 62.7 Å². The summed E-state index contributed by atoms with van der Waals surface area (Å²) in [6, 6.07) is 27.0. The lowest BCUT2D eigenvalue weighted by molar-refractivity contribution is -0.140.